The molecular formula is C28H32F2N4O6. The fourth-order valence-corrected chi connectivity index (χ4v) is 4.58. The first kappa shape index (κ1) is 28.9. The van der Waals surface area contributed by atoms with Crippen LogP contribution in [0.2, 0.25) is 0 Å². The van der Waals surface area contributed by atoms with Gasteiger partial charge in [0.2, 0.25) is 5.43 Å². The first-order chi connectivity index (χ1) is 19.0. The third-order valence-electron chi connectivity index (χ3n) is 6.78. The number of hydrogen-bond acceptors (Lipinski definition) is 8. The molecule has 40 heavy (non-hydrogen) atoms. The lowest BCUT2D eigenvalue weighted by Gasteiger charge is -2.40. The summed E-state index contributed by atoms with van der Waals surface area (Å²) in [5.41, 5.74) is -0.110. The van der Waals surface area contributed by atoms with Crippen LogP contribution >= 0.6 is 0 Å². The molecule has 0 unspecified atom stereocenters. The van der Waals surface area contributed by atoms with Gasteiger partial charge in [0.1, 0.15) is 24.1 Å². The number of ketones is 1. The second-order valence-corrected chi connectivity index (χ2v) is 10.0. The molecule has 0 radical (unpaired) electrons. The zero-order chi connectivity index (χ0) is 29.1. The summed E-state index contributed by atoms with van der Waals surface area (Å²) < 4.78 is 39.5. The number of carbonyl (C=O) groups is 2. The Hall–Kier alpha value is -4.06. The van der Waals surface area contributed by atoms with Crippen molar-refractivity contribution in [2.75, 3.05) is 24.8 Å². The Morgan fingerprint density at radius 3 is 2.62 bits per heavy atom. The summed E-state index contributed by atoms with van der Waals surface area (Å²) in [5, 5.41) is 16.6. The topological polar surface area (TPSA) is 118 Å². The predicted octanol–water partition coefficient (Wildman–Crippen LogP) is 3.62. The maximum absolute atomic E-state index is 14.1. The molecule has 0 spiro atoms. The Labute approximate surface area is 229 Å². The fraction of sp³-hybridized carbons (Fsp3) is 0.429. The standard InChI is InChI=1S/C28H32F2N4O6/c1-16(2)39-11-5-10-32-15-33(13-21-17(3)31-40-18(21)4)34-14-22(26(36)27(37)25(34)28(32)38)24(35)9-7-19-6-8-20(29)12-23(19)30/h6,8,12,14,16,37H,5,7,9-11,13,15H2,1-4H3. The maximum atomic E-state index is 14.1. The highest BCUT2D eigenvalue weighted by Crippen LogP contribution is 2.25. The van der Waals surface area contributed by atoms with E-state index in [2.05, 4.69) is 5.16 Å². The summed E-state index contributed by atoms with van der Waals surface area (Å²) in [6.07, 6.45) is 1.45. The number of fused-ring (bicyclic) bond motifs is 1. The molecule has 3 aromatic rings. The highest BCUT2D eigenvalue weighted by atomic mass is 19.1. The monoisotopic (exact) mass is 558 g/mol. The van der Waals surface area contributed by atoms with Gasteiger partial charge in [0.25, 0.3) is 5.91 Å². The fourth-order valence-electron chi connectivity index (χ4n) is 4.58. The third kappa shape index (κ3) is 6.06. The van der Waals surface area contributed by atoms with E-state index in [1.807, 2.05) is 13.8 Å². The first-order valence-corrected chi connectivity index (χ1v) is 13.0. The summed E-state index contributed by atoms with van der Waals surface area (Å²) in [7, 11) is 0. The molecule has 1 N–H and O–H groups in total. The van der Waals surface area contributed by atoms with Crippen molar-refractivity contribution in [2.24, 2.45) is 0 Å². The molecule has 0 saturated heterocycles. The molecule has 12 heteroatoms. The molecule has 0 saturated carbocycles. The molecule has 4 rings (SSSR count). The van der Waals surface area contributed by atoms with Crippen LogP contribution in [0.4, 0.5) is 8.78 Å². The van der Waals surface area contributed by atoms with E-state index in [9.17, 15) is 28.3 Å². The smallest absolute Gasteiger partial charge is 0.277 e. The summed E-state index contributed by atoms with van der Waals surface area (Å²) in [5.74, 6) is -3.05. The van der Waals surface area contributed by atoms with E-state index in [1.54, 1.807) is 18.9 Å². The third-order valence-corrected chi connectivity index (χ3v) is 6.78. The van der Waals surface area contributed by atoms with E-state index >= 15 is 0 Å². The Balaban J connectivity index is 1.67. The molecule has 1 aliphatic rings. The van der Waals surface area contributed by atoms with Gasteiger partial charge in [-0.2, -0.15) is 0 Å². The van der Waals surface area contributed by atoms with Crippen molar-refractivity contribution < 1.29 is 32.7 Å². The van der Waals surface area contributed by atoms with Gasteiger partial charge in [0.15, 0.2) is 17.2 Å². The number of pyridine rings is 1. The lowest BCUT2D eigenvalue weighted by atomic mass is 10.0. The van der Waals surface area contributed by atoms with Gasteiger partial charge < -0.3 is 19.3 Å². The number of amides is 1. The average molecular weight is 559 g/mol. The zero-order valence-electron chi connectivity index (χ0n) is 22.9. The minimum Gasteiger partial charge on any atom is -0.502 e. The highest BCUT2D eigenvalue weighted by Gasteiger charge is 2.35. The number of nitrogens with zero attached hydrogens (tertiary/aromatic N) is 4. The van der Waals surface area contributed by atoms with Gasteiger partial charge in [-0.15, -0.1) is 0 Å². The van der Waals surface area contributed by atoms with Crippen LogP contribution in [0, 0.1) is 25.5 Å². The molecule has 0 fully saturated rings. The Morgan fingerprint density at radius 2 is 1.98 bits per heavy atom. The van der Waals surface area contributed by atoms with Crippen LogP contribution in [-0.4, -0.2) is 57.5 Å². The van der Waals surface area contributed by atoms with Crippen molar-refractivity contribution >= 4 is 11.7 Å². The van der Waals surface area contributed by atoms with Crippen LogP contribution in [0.3, 0.4) is 0 Å². The van der Waals surface area contributed by atoms with E-state index in [0.717, 1.165) is 17.7 Å². The van der Waals surface area contributed by atoms with E-state index in [-0.39, 0.29) is 49.0 Å². The molecule has 10 nitrogen and oxygen atoms in total. The summed E-state index contributed by atoms with van der Waals surface area (Å²) in [6, 6.07) is 3.04. The summed E-state index contributed by atoms with van der Waals surface area (Å²) in [6.45, 7) is 8.37. The van der Waals surface area contributed by atoms with Gasteiger partial charge >= 0.3 is 0 Å². The molecule has 2 aromatic heterocycles. The van der Waals surface area contributed by atoms with Gasteiger partial charge in [0.05, 0.1) is 23.9 Å². The van der Waals surface area contributed by atoms with Gasteiger partial charge in [-0.1, -0.05) is 11.2 Å². The van der Waals surface area contributed by atoms with E-state index in [1.165, 1.54) is 21.8 Å². The number of aromatic nitrogens is 2. The molecule has 0 bridgehead atoms. The maximum Gasteiger partial charge on any atom is 0.277 e. The van der Waals surface area contributed by atoms with Gasteiger partial charge in [-0.05, 0) is 52.2 Å². The SMILES string of the molecule is Cc1noc(C)c1CN1CN(CCCOC(C)C)C(=O)c2c(O)c(=O)c(C(=O)CCc3ccc(F)cc3F)cn21. The zero-order valence-corrected chi connectivity index (χ0v) is 22.9. The normalized spacial score (nSPS) is 13.3. The Kier molecular flexibility index (Phi) is 8.67. The number of hydrogen-bond donors (Lipinski definition) is 1. The second-order valence-electron chi connectivity index (χ2n) is 10.0. The molecule has 0 atom stereocenters. The quantitative estimate of drug-likeness (QED) is 0.280. The van der Waals surface area contributed by atoms with Crippen LogP contribution in [0.25, 0.3) is 0 Å². The first-order valence-electron chi connectivity index (χ1n) is 13.0. The molecule has 1 amide bonds. The number of aryl methyl sites for hydroxylation is 3. The van der Waals surface area contributed by atoms with Crippen molar-refractivity contribution in [3.63, 3.8) is 0 Å². The minimum atomic E-state index is -0.994. The molecular weight excluding hydrogens is 526 g/mol. The molecule has 0 aliphatic carbocycles. The minimum absolute atomic E-state index is 0.0342. The molecule has 1 aliphatic heterocycles. The molecule has 3 heterocycles. The second kappa shape index (κ2) is 12.0. The largest absolute Gasteiger partial charge is 0.502 e. The van der Waals surface area contributed by atoms with Crippen LogP contribution in [0.15, 0.2) is 33.7 Å². The lowest BCUT2D eigenvalue weighted by Crippen LogP contribution is -2.54. The van der Waals surface area contributed by atoms with Crippen molar-refractivity contribution in [2.45, 2.75) is 59.6 Å². The summed E-state index contributed by atoms with van der Waals surface area (Å²) in [4.78, 5) is 41.1. The number of benzene rings is 1. The van der Waals surface area contributed by atoms with Gasteiger partial charge in [-0.25, -0.2) is 8.78 Å². The number of Topliss-reactive ketones (excluding diaryl/α,β-unsaturated/α-hetero) is 1. The van der Waals surface area contributed by atoms with Crippen LogP contribution in [-0.2, 0) is 17.7 Å². The van der Waals surface area contributed by atoms with E-state index in [0.29, 0.717) is 31.0 Å². The van der Waals surface area contributed by atoms with Crippen molar-refractivity contribution in [1.82, 2.24) is 14.7 Å². The highest BCUT2D eigenvalue weighted by molar-refractivity contribution is 6.00. The molecule has 214 valence electrons. The molecule has 1 aromatic carbocycles. The average Bonchev–Trinajstić information content (AvgIpc) is 3.21. The van der Waals surface area contributed by atoms with Crippen molar-refractivity contribution in [1.29, 1.82) is 0 Å². The Bertz CT molecular complexity index is 1460. The number of carbonyl (C=O) groups excluding carboxylic acids is 2. The summed E-state index contributed by atoms with van der Waals surface area (Å²) >= 11 is 0. The number of rotatable bonds is 11. The van der Waals surface area contributed by atoms with Gasteiger partial charge in [0, 0.05) is 37.4 Å². The lowest BCUT2D eigenvalue weighted by molar-refractivity contribution is 0.0566. The van der Waals surface area contributed by atoms with E-state index in [4.69, 9.17) is 9.26 Å². The Morgan fingerprint density at radius 1 is 1.23 bits per heavy atom. The van der Waals surface area contributed by atoms with Crippen molar-refractivity contribution in [3.05, 3.63) is 80.1 Å². The number of halogens is 2. The van der Waals surface area contributed by atoms with Gasteiger partial charge in [-0.3, -0.25) is 24.1 Å². The van der Waals surface area contributed by atoms with Crippen LogP contribution in [0.1, 0.15) is 70.1 Å². The van der Waals surface area contributed by atoms with Crippen LogP contribution in [0.5, 0.6) is 5.75 Å². The van der Waals surface area contributed by atoms with Crippen LogP contribution < -0.4 is 10.4 Å². The van der Waals surface area contributed by atoms with E-state index < -0.39 is 34.5 Å². The number of ether oxygens (including phenoxy) is 1. The predicted molar refractivity (Wildman–Crippen MR) is 141 cm³/mol. The van der Waals surface area contributed by atoms with Crippen molar-refractivity contribution in [3.8, 4) is 5.75 Å². The number of aromatic hydroxyl groups is 1.